The number of aryl methyl sites for hydroxylation is 1. The molecule has 25 heavy (non-hydrogen) atoms. The summed E-state index contributed by atoms with van der Waals surface area (Å²) in [6.45, 7) is 3.03. The number of likely N-dealkylation sites (tertiary alicyclic amines) is 1. The van der Waals surface area contributed by atoms with Crippen molar-refractivity contribution >= 4 is 5.91 Å². The van der Waals surface area contributed by atoms with E-state index in [9.17, 15) is 18.0 Å². The lowest BCUT2D eigenvalue weighted by molar-refractivity contribution is -0.138. The van der Waals surface area contributed by atoms with Gasteiger partial charge in [0.05, 0.1) is 17.7 Å². The molecule has 0 unspecified atom stereocenters. The zero-order valence-electron chi connectivity index (χ0n) is 13.9. The number of halogens is 3. The Kier molecular flexibility index (Phi) is 4.83. The molecule has 0 bridgehead atoms. The number of rotatable bonds is 3. The standard InChI is InChI=1S/C18H20F3N3O/c1-12-10-16(23-22-12)13-6-8-24(9-7-13)17(25)11-14-4-2-3-5-15(14)18(19,20)21/h2-5,10,13H,6-9,11H2,1H3,(H,22,23). The van der Waals surface area contributed by atoms with E-state index in [-0.39, 0.29) is 23.8 Å². The molecule has 1 aromatic carbocycles. The minimum absolute atomic E-state index is 0.0325. The number of hydrogen-bond acceptors (Lipinski definition) is 2. The normalized spacial score (nSPS) is 16.2. The summed E-state index contributed by atoms with van der Waals surface area (Å²) in [5.74, 6) is 0.0322. The van der Waals surface area contributed by atoms with Gasteiger partial charge in [0.15, 0.2) is 0 Å². The highest BCUT2D eigenvalue weighted by atomic mass is 19.4. The van der Waals surface area contributed by atoms with Crippen molar-refractivity contribution in [3.63, 3.8) is 0 Å². The Morgan fingerprint density at radius 1 is 1.28 bits per heavy atom. The highest BCUT2D eigenvalue weighted by Gasteiger charge is 2.34. The molecule has 2 heterocycles. The van der Waals surface area contributed by atoms with Gasteiger partial charge in [0.25, 0.3) is 0 Å². The van der Waals surface area contributed by atoms with E-state index in [2.05, 4.69) is 10.2 Å². The van der Waals surface area contributed by atoms with Gasteiger partial charge in [-0.25, -0.2) is 0 Å². The summed E-state index contributed by atoms with van der Waals surface area (Å²) in [6.07, 6.45) is -3.11. The fourth-order valence-electron chi connectivity index (χ4n) is 3.30. The quantitative estimate of drug-likeness (QED) is 0.917. The Balaban J connectivity index is 1.62. The fraction of sp³-hybridized carbons (Fsp3) is 0.444. The van der Waals surface area contributed by atoms with Crippen LogP contribution in [0.1, 0.15) is 41.3 Å². The Morgan fingerprint density at radius 3 is 2.56 bits per heavy atom. The molecule has 0 aliphatic carbocycles. The third-order valence-electron chi connectivity index (χ3n) is 4.66. The molecular weight excluding hydrogens is 331 g/mol. The molecule has 0 spiro atoms. The van der Waals surface area contributed by atoms with Crippen LogP contribution in [0.5, 0.6) is 0 Å². The number of alkyl halides is 3. The van der Waals surface area contributed by atoms with Crippen LogP contribution < -0.4 is 0 Å². The molecule has 2 aromatic rings. The fourth-order valence-corrected chi connectivity index (χ4v) is 3.30. The van der Waals surface area contributed by atoms with Crippen LogP contribution in [0.25, 0.3) is 0 Å². The van der Waals surface area contributed by atoms with E-state index in [1.54, 1.807) is 4.90 Å². The van der Waals surface area contributed by atoms with Crippen molar-refractivity contribution < 1.29 is 18.0 Å². The summed E-state index contributed by atoms with van der Waals surface area (Å²) in [6, 6.07) is 7.27. The zero-order chi connectivity index (χ0) is 18.0. The Morgan fingerprint density at radius 2 is 1.96 bits per heavy atom. The summed E-state index contributed by atoms with van der Waals surface area (Å²) in [5.41, 5.74) is 1.29. The summed E-state index contributed by atoms with van der Waals surface area (Å²) in [4.78, 5) is 14.1. The number of benzene rings is 1. The molecule has 1 aliphatic rings. The third kappa shape index (κ3) is 4.03. The Hall–Kier alpha value is -2.31. The van der Waals surface area contributed by atoms with Crippen molar-refractivity contribution in [2.75, 3.05) is 13.1 Å². The van der Waals surface area contributed by atoms with E-state index in [1.807, 2.05) is 13.0 Å². The van der Waals surface area contributed by atoms with Gasteiger partial charge in [-0.1, -0.05) is 18.2 Å². The molecule has 4 nitrogen and oxygen atoms in total. The molecule has 0 atom stereocenters. The van der Waals surface area contributed by atoms with Gasteiger partial charge in [-0.05, 0) is 37.5 Å². The van der Waals surface area contributed by atoms with Crippen molar-refractivity contribution in [2.24, 2.45) is 0 Å². The van der Waals surface area contributed by atoms with Crippen LogP contribution >= 0.6 is 0 Å². The van der Waals surface area contributed by atoms with Gasteiger partial charge < -0.3 is 4.90 Å². The summed E-state index contributed by atoms with van der Waals surface area (Å²) in [7, 11) is 0. The topological polar surface area (TPSA) is 49.0 Å². The van der Waals surface area contributed by atoms with Gasteiger partial charge in [0.2, 0.25) is 5.91 Å². The van der Waals surface area contributed by atoms with Gasteiger partial charge in [-0.3, -0.25) is 9.89 Å². The molecule has 0 radical (unpaired) electrons. The van der Waals surface area contributed by atoms with Crippen LogP contribution in [0.2, 0.25) is 0 Å². The second-order valence-electron chi connectivity index (χ2n) is 6.46. The molecule has 1 N–H and O–H groups in total. The van der Waals surface area contributed by atoms with E-state index in [4.69, 9.17) is 0 Å². The average molecular weight is 351 g/mol. The van der Waals surface area contributed by atoms with Gasteiger partial charge in [0.1, 0.15) is 0 Å². The Bertz CT molecular complexity index is 746. The van der Waals surface area contributed by atoms with E-state index >= 15 is 0 Å². The van der Waals surface area contributed by atoms with Crippen molar-refractivity contribution in [3.05, 3.63) is 52.8 Å². The molecule has 1 aliphatic heterocycles. The van der Waals surface area contributed by atoms with Crippen molar-refractivity contribution in [1.82, 2.24) is 15.1 Å². The first-order valence-electron chi connectivity index (χ1n) is 8.29. The smallest absolute Gasteiger partial charge is 0.342 e. The maximum atomic E-state index is 13.0. The monoisotopic (exact) mass is 351 g/mol. The first kappa shape index (κ1) is 17.5. The van der Waals surface area contributed by atoms with Crippen LogP contribution in [0, 0.1) is 6.92 Å². The third-order valence-corrected chi connectivity index (χ3v) is 4.66. The van der Waals surface area contributed by atoms with E-state index in [0.717, 1.165) is 30.3 Å². The van der Waals surface area contributed by atoms with Crippen LogP contribution in [-0.2, 0) is 17.4 Å². The van der Waals surface area contributed by atoms with Gasteiger partial charge in [0, 0.05) is 24.7 Å². The van der Waals surface area contributed by atoms with Crippen LogP contribution in [-0.4, -0.2) is 34.1 Å². The van der Waals surface area contributed by atoms with Crippen molar-refractivity contribution in [1.29, 1.82) is 0 Å². The van der Waals surface area contributed by atoms with Crippen LogP contribution in [0.15, 0.2) is 30.3 Å². The molecule has 1 aromatic heterocycles. The number of amides is 1. The second kappa shape index (κ2) is 6.90. The molecule has 3 rings (SSSR count). The summed E-state index contributed by atoms with van der Waals surface area (Å²) in [5, 5.41) is 7.18. The summed E-state index contributed by atoms with van der Waals surface area (Å²) >= 11 is 0. The SMILES string of the molecule is Cc1cc(C2CCN(C(=O)Cc3ccccc3C(F)(F)F)CC2)n[nH]1. The molecule has 1 saturated heterocycles. The number of aromatic nitrogens is 2. The number of hydrogen-bond donors (Lipinski definition) is 1. The van der Waals surface area contributed by atoms with Gasteiger partial charge >= 0.3 is 6.18 Å². The largest absolute Gasteiger partial charge is 0.416 e. The zero-order valence-corrected chi connectivity index (χ0v) is 13.9. The van der Waals surface area contributed by atoms with Crippen LogP contribution in [0.4, 0.5) is 13.2 Å². The number of H-pyrrole nitrogens is 1. The van der Waals surface area contributed by atoms with E-state index in [1.165, 1.54) is 18.2 Å². The van der Waals surface area contributed by atoms with Crippen molar-refractivity contribution in [2.45, 2.75) is 38.3 Å². The maximum absolute atomic E-state index is 13.0. The molecule has 0 saturated carbocycles. The molecule has 134 valence electrons. The summed E-state index contributed by atoms with van der Waals surface area (Å²) < 4.78 is 39.1. The minimum atomic E-state index is -4.44. The number of carbonyl (C=O) groups excluding carboxylic acids is 1. The molecule has 7 heteroatoms. The lowest BCUT2D eigenvalue weighted by atomic mass is 9.93. The molecule has 1 amide bonds. The molecule has 1 fully saturated rings. The number of carbonyl (C=O) groups is 1. The van der Waals surface area contributed by atoms with Crippen molar-refractivity contribution in [3.8, 4) is 0 Å². The molecular formula is C18H20F3N3O. The highest BCUT2D eigenvalue weighted by molar-refractivity contribution is 5.79. The number of nitrogens with one attached hydrogen (secondary N) is 1. The first-order chi connectivity index (χ1) is 11.8. The number of nitrogens with zero attached hydrogens (tertiary/aromatic N) is 2. The second-order valence-corrected chi connectivity index (χ2v) is 6.46. The maximum Gasteiger partial charge on any atom is 0.416 e. The lowest BCUT2D eigenvalue weighted by Gasteiger charge is -2.31. The van der Waals surface area contributed by atoms with Gasteiger partial charge in [-0.15, -0.1) is 0 Å². The first-order valence-corrected chi connectivity index (χ1v) is 8.29. The van der Waals surface area contributed by atoms with E-state index in [0.29, 0.717) is 13.1 Å². The van der Waals surface area contributed by atoms with E-state index < -0.39 is 11.7 Å². The van der Waals surface area contributed by atoms with Gasteiger partial charge in [-0.2, -0.15) is 18.3 Å². The number of aromatic amines is 1. The van der Waals surface area contributed by atoms with Crippen LogP contribution in [0.3, 0.4) is 0 Å². The lowest BCUT2D eigenvalue weighted by Crippen LogP contribution is -2.39. The Labute approximate surface area is 144 Å². The minimum Gasteiger partial charge on any atom is -0.342 e. The average Bonchev–Trinajstić information content (AvgIpc) is 3.01. The highest BCUT2D eigenvalue weighted by Crippen LogP contribution is 2.33. The number of piperidine rings is 1. The predicted octanol–water partition coefficient (Wildman–Crippen LogP) is 3.69. The predicted molar refractivity (Wildman–Crippen MR) is 87.0 cm³/mol.